The number of benzene rings is 1. The second kappa shape index (κ2) is 9.24. The van der Waals surface area contributed by atoms with Crippen LogP contribution in [0.4, 0.5) is 4.39 Å². The normalized spacial score (nSPS) is 17.2. The van der Waals surface area contributed by atoms with E-state index in [1.807, 2.05) is 12.4 Å². The lowest BCUT2D eigenvalue weighted by Crippen LogP contribution is -2.31. The fourth-order valence-corrected chi connectivity index (χ4v) is 3.89. The standard InChI is InChI=1S/C20H25FN2O2S/c1-23(12-11-17-4-2-3-13-25-17)20(24)10-9-19-22-18(14-26-19)15-5-7-16(21)8-6-15/h5-8,14,17H,2-4,9-13H2,1H3. The van der Waals surface area contributed by atoms with Crippen LogP contribution in [-0.4, -0.2) is 42.1 Å². The first kappa shape index (κ1) is 19.0. The minimum Gasteiger partial charge on any atom is -0.378 e. The number of carbonyl (C=O) groups excluding carboxylic acids is 1. The second-order valence-electron chi connectivity index (χ2n) is 6.73. The van der Waals surface area contributed by atoms with E-state index in [0.29, 0.717) is 18.9 Å². The van der Waals surface area contributed by atoms with Crippen LogP contribution in [0.3, 0.4) is 0 Å². The summed E-state index contributed by atoms with van der Waals surface area (Å²) in [6.45, 7) is 1.59. The van der Waals surface area contributed by atoms with E-state index in [0.717, 1.165) is 48.7 Å². The van der Waals surface area contributed by atoms with Gasteiger partial charge in [0.25, 0.3) is 0 Å². The molecule has 1 fully saturated rings. The van der Waals surface area contributed by atoms with Crippen LogP contribution in [0.2, 0.25) is 0 Å². The Kier molecular flexibility index (Phi) is 6.74. The molecule has 26 heavy (non-hydrogen) atoms. The average molecular weight is 376 g/mol. The molecule has 2 heterocycles. The lowest BCUT2D eigenvalue weighted by molar-refractivity contribution is -0.130. The maximum Gasteiger partial charge on any atom is 0.222 e. The molecule has 4 nitrogen and oxygen atoms in total. The predicted molar refractivity (Wildman–Crippen MR) is 102 cm³/mol. The highest BCUT2D eigenvalue weighted by atomic mass is 32.1. The van der Waals surface area contributed by atoms with E-state index in [1.165, 1.54) is 18.6 Å². The second-order valence-corrected chi connectivity index (χ2v) is 7.67. The zero-order valence-electron chi connectivity index (χ0n) is 15.1. The SMILES string of the molecule is CN(CCC1CCCCO1)C(=O)CCc1nc(-c2ccc(F)cc2)cs1. The van der Waals surface area contributed by atoms with Gasteiger partial charge < -0.3 is 9.64 Å². The number of hydrogen-bond donors (Lipinski definition) is 0. The number of carbonyl (C=O) groups is 1. The Hall–Kier alpha value is -1.79. The van der Waals surface area contributed by atoms with E-state index >= 15 is 0 Å². The topological polar surface area (TPSA) is 42.4 Å². The van der Waals surface area contributed by atoms with E-state index in [1.54, 1.807) is 28.4 Å². The number of hydrogen-bond acceptors (Lipinski definition) is 4. The van der Waals surface area contributed by atoms with Gasteiger partial charge >= 0.3 is 0 Å². The van der Waals surface area contributed by atoms with Gasteiger partial charge in [0.05, 0.1) is 16.8 Å². The van der Waals surface area contributed by atoms with Gasteiger partial charge in [-0.05, 0) is 49.9 Å². The van der Waals surface area contributed by atoms with Crippen LogP contribution < -0.4 is 0 Å². The molecule has 1 aliphatic rings. The molecule has 0 bridgehead atoms. The largest absolute Gasteiger partial charge is 0.378 e. The first-order valence-corrected chi connectivity index (χ1v) is 10.1. The van der Waals surface area contributed by atoms with Gasteiger partial charge in [-0.1, -0.05) is 0 Å². The lowest BCUT2D eigenvalue weighted by Gasteiger charge is -2.25. The summed E-state index contributed by atoms with van der Waals surface area (Å²) in [6, 6.07) is 6.31. The van der Waals surface area contributed by atoms with Gasteiger partial charge in [-0.2, -0.15) is 0 Å². The van der Waals surface area contributed by atoms with Crippen LogP contribution >= 0.6 is 11.3 Å². The van der Waals surface area contributed by atoms with Crippen molar-refractivity contribution in [2.24, 2.45) is 0 Å². The summed E-state index contributed by atoms with van der Waals surface area (Å²) in [4.78, 5) is 18.7. The summed E-state index contributed by atoms with van der Waals surface area (Å²) in [5, 5.41) is 2.89. The zero-order chi connectivity index (χ0) is 18.4. The third kappa shape index (κ3) is 5.35. The number of halogens is 1. The number of amides is 1. The molecular weight excluding hydrogens is 351 g/mol. The zero-order valence-corrected chi connectivity index (χ0v) is 15.9. The fourth-order valence-electron chi connectivity index (χ4n) is 3.08. The predicted octanol–water partition coefficient (Wildman–Crippen LogP) is 4.30. The quantitative estimate of drug-likeness (QED) is 0.724. The number of rotatable bonds is 7. The van der Waals surface area contributed by atoms with Crippen molar-refractivity contribution in [2.75, 3.05) is 20.2 Å². The fraction of sp³-hybridized carbons (Fsp3) is 0.500. The van der Waals surface area contributed by atoms with Gasteiger partial charge in [0.2, 0.25) is 5.91 Å². The Bertz CT molecular complexity index is 711. The Labute approximate surface area is 158 Å². The smallest absolute Gasteiger partial charge is 0.222 e. The average Bonchev–Trinajstić information content (AvgIpc) is 3.14. The Morgan fingerprint density at radius 2 is 2.15 bits per heavy atom. The van der Waals surface area contributed by atoms with Crippen LogP contribution in [0.5, 0.6) is 0 Å². The summed E-state index contributed by atoms with van der Waals surface area (Å²) in [6.07, 6.45) is 5.78. The molecule has 0 radical (unpaired) electrons. The third-order valence-corrected chi connectivity index (χ3v) is 5.64. The molecule has 3 rings (SSSR count). The van der Waals surface area contributed by atoms with Gasteiger partial charge in [-0.25, -0.2) is 9.37 Å². The van der Waals surface area contributed by atoms with Gasteiger partial charge in [-0.3, -0.25) is 4.79 Å². The van der Waals surface area contributed by atoms with Crippen molar-refractivity contribution in [1.29, 1.82) is 0 Å². The van der Waals surface area contributed by atoms with Crippen molar-refractivity contribution in [1.82, 2.24) is 9.88 Å². The maximum absolute atomic E-state index is 13.0. The number of aromatic nitrogens is 1. The molecule has 2 aromatic rings. The summed E-state index contributed by atoms with van der Waals surface area (Å²) in [7, 11) is 1.86. The molecule has 0 saturated carbocycles. The van der Waals surface area contributed by atoms with Gasteiger partial charge in [0, 0.05) is 44.0 Å². The van der Waals surface area contributed by atoms with Crippen molar-refractivity contribution in [2.45, 2.75) is 44.6 Å². The van der Waals surface area contributed by atoms with E-state index in [-0.39, 0.29) is 11.7 Å². The molecule has 1 amide bonds. The van der Waals surface area contributed by atoms with Crippen molar-refractivity contribution in [3.63, 3.8) is 0 Å². The van der Waals surface area contributed by atoms with E-state index < -0.39 is 0 Å². The lowest BCUT2D eigenvalue weighted by atomic mass is 10.1. The first-order valence-electron chi connectivity index (χ1n) is 9.18. The van der Waals surface area contributed by atoms with Crippen molar-refractivity contribution < 1.29 is 13.9 Å². The minimum atomic E-state index is -0.253. The highest BCUT2D eigenvalue weighted by Crippen LogP contribution is 2.23. The molecule has 1 aromatic carbocycles. The number of thiazole rings is 1. The molecular formula is C20H25FN2O2S. The molecule has 0 spiro atoms. The minimum absolute atomic E-state index is 0.138. The number of aryl methyl sites for hydroxylation is 1. The molecule has 1 unspecified atom stereocenters. The van der Waals surface area contributed by atoms with Crippen molar-refractivity contribution >= 4 is 17.2 Å². The van der Waals surface area contributed by atoms with E-state index in [4.69, 9.17) is 4.74 Å². The van der Waals surface area contributed by atoms with Crippen molar-refractivity contribution in [3.05, 3.63) is 40.5 Å². The van der Waals surface area contributed by atoms with Gasteiger partial charge in [0.1, 0.15) is 5.82 Å². The molecule has 6 heteroatoms. The number of nitrogens with zero attached hydrogens (tertiary/aromatic N) is 2. The number of ether oxygens (including phenoxy) is 1. The van der Waals surface area contributed by atoms with E-state index in [2.05, 4.69) is 4.98 Å². The Balaban J connectivity index is 1.44. The molecule has 1 atom stereocenters. The van der Waals surface area contributed by atoms with Crippen LogP contribution in [0.15, 0.2) is 29.6 Å². The summed E-state index contributed by atoms with van der Waals surface area (Å²) in [5.74, 6) is -0.115. The highest BCUT2D eigenvalue weighted by Gasteiger charge is 2.16. The Morgan fingerprint density at radius 1 is 1.35 bits per heavy atom. The van der Waals surface area contributed by atoms with Gasteiger partial charge in [-0.15, -0.1) is 11.3 Å². The molecule has 1 aliphatic heterocycles. The Morgan fingerprint density at radius 3 is 2.88 bits per heavy atom. The van der Waals surface area contributed by atoms with Crippen LogP contribution in [0.25, 0.3) is 11.3 Å². The molecule has 140 valence electrons. The molecule has 0 aliphatic carbocycles. The summed E-state index contributed by atoms with van der Waals surface area (Å²) in [5.41, 5.74) is 1.73. The molecule has 1 aromatic heterocycles. The first-order chi connectivity index (χ1) is 12.6. The third-order valence-electron chi connectivity index (χ3n) is 4.73. The van der Waals surface area contributed by atoms with Crippen LogP contribution in [-0.2, 0) is 16.0 Å². The molecule has 1 saturated heterocycles. The molecule has 0 N–H and O–H groups in total. The van der Waals surface area contributed by atoms with Crippen LogP contribution in [0.1, 0.15) is 37.1 Å². The van der Waals surface area contributed by atoms with Crippen LogP contribution in [0, 0.1) is 5.82 Å². The van der Waals surface area contributed by atoms with E-state index in [9.17, 15) is 9.18 Å². The summed E-state index contributed by atoms with van der Waals surface area (Å²) < 4.78 is 18.7. The monoisotopic (exact) mass is 376 g/mol. The highest BCUT2D eigenvalue weighted by molar-refractivity contribution is 7.09. The summed E-state index contributed by atoms with van der Waals surface area (Å²) >= 11 is 1.54. The van der Waals surface area contributed by atoms with Crippen molar-refractivity contribution in [3.8, 4) is 11.3 Å². The van der Waals surface area contributed by atoms with Gasteiger partial charge in [0.15, 0.2) is 0 Å². The maximum atomic E-state index is 13.0.